The molecule has 4 heteroatoms. The van der Waals surface area contributed by atoms with Crippen LogP contribution in [0.4, 0.5) is 0 Å². The second kappa shape index (κ2) is 3.69. The molecule has 0 N–H and O–H groups in total. The molecule has 0 amide bonds. The van der Waals surface area contributed by atoms with Gasteiger partial charge in [0.05, 0.1) is 26.2 Å². The van der Waals surface area contributed by atoms with Gasteiger partial charge in [0.25, 0.3) is 0 Å². The van der Waals surface area contributed by atoms with Crippen LogP contribution >= 0.6 is 0 Å². The first-order chi connectivity index (χ1) is 5.22. The fraction of sp³-hybridized carbons (Fsp3) is 0.857. The molecule has 0 radical (unpaired) electrons. The van der Waals surface area contributed by atoms with Gasteiger partial charge < -0.3 is 14.2 Å². The van der Waals surface area contributed by atoms with Crippen LogP contribution in [0.1, 0.15) is 13.3 Å². The Morgan fingerprint density at radius 1 is 1.73 bits per heavy atom. The molecule has 1 saturated heterocycles. The van der Waals surface area contributed by atoms with Crippen molar-refractivity contribution in [1.82, 2.24) is 0 Å². The van der Waals surface area contributed by atoms with Gasteiger partial charge >= 0.3 is 5.97 Å². The van der Waals surface area contributed by atoms with Crippen LogP contribution in [0, 0.1) is 0 Å². The lowest BCUT2D eigenvalue weighted by atomic mass is 10.4. The molecule has 64 valence electrons. The Hall–Kier alpha value is -0.610. The number of carbonyl (C=O) groups excluding carboxylic acids is 1. The number of carbonyl (C=O) groups is 1. The van der Waals surface area contributed by atoms with Gasteiger partial charge in [0.15, 0.2) is 6.29 Å². The predicted molar refractivity (Wildman–Crippen MR) is 36.9 cm³/mol. The highest BCUT2D eigenvalue weighted by Gasteiger charge is 2.24. The summed E-state index contributed by atoms with van der Waals surface area (Å²) in [4.78, 5) is 10.7. The molecule has 0 aliphatic carbocycles. The first-order valence-electron chi connectivity index (χ1n) is 3.56. The lowest BCUT2D eigenvalue weighted by Crippen LogP contribution is -2.16. The molecule has 0 aromatic rings. The zero-order chi connectivity index (χ0) is 8.27. The molecule has 1 heterocycles. The quantitative estimate of drug-likeness (QED) is 0.545. The fourth-order valence-corrected chi connectivity index (χ4v) is 0.907. The summed E-state index contributed by atoms with van der Waals surface area (Å²) in [5.41, 5.74) is 0. The van der Waals surface area contributed by atoms with Crippen molar-refractivity contribution in [3.05, 3.63) is 0 Å². The highest BCUT2D eigenvalue weighted by atomic mass is 16.7. The number of hydrogen-bond acceptors (Lipinski definition) is 4. The fourth-order valence-electron chi connectivity index (χ4n) is 0.907. The van der Waals surface area contributed by atoms with Crippen LogP contribution in [0.3, 0.4) is 0 Å². The molecule has 1 aliphatic heterocycles. The largest absolute Gasteiger partial charge is 0.469 e. The average molecular weight is 160 g/mol. The van der Waals surface area contributed by atoms with Crippen molar-refractivity contribution in [3.8, 4) is 0 Å². The van der Waals surface area contributed by atoms with Gasteiger partial charge in [-0.05, 0) is 6.92 Å². The van der Waals surface area contributed by atoms with Crippen LogP contribution in [0.5, 0.6) is 0 Å². The average Bonchev–Trinajstić information content (AvgIpc) is 2.35. The van der Waals surface area contributed by atoms with Crippen LogP contribution in [-0.2, 0) is 19.0 Å². The smallest absolute Gasteiger partial charge is 0.310 e. The lowest BCUT2D eigenvalue weighted by Gasteiger charge is -2.06. The Labute approximate surface area is 65.4 Å². The Morgan fingerprint density at radius 2 is 2.45 bits per heavy atom. The van der Waals surface area contributed by atoms with Gasteiger partial charge in [0.2, 0.25) is 0 Å². The molecule has 2 atom stereocenters. The molecule has 0 aromatic heterocycles. The van der Waals surface area contributed by atoms with E-state index in [0.717, 1.165) is 0 Å². The number of methoxy groups -OCH3 is 1. The van der Waals surface area contributed by atoms with Crippen LogP contribution in [-0.4, -0.2) is 32.1 Å². The van der Waals surface area contributed by atoms with E-state index in [1.165, 1.54) is 7.11 Å². The zero-order valence-electron chi connectivity index (χ0n) is 6.70. The van der Waals surface area contributed by atoms with Crippen molar-refractivity contribution in [2.45, 2.75) is 25.7 Å². The minimum absolute atomic E-state index is 0.0876. The van der Waals surface area contributed by atoms with E-state index in [4.69, 9.17) is 9.47 Å². The summed E-state index contributed by atoms with van der Waals surface area (Å²) in [7, 11) is 1.35. The molecule has 0 unspecified atom stereocenters. The summed E-state index contributed by atoms with van der Waals surface area (Å²) in [6, 6.07) is 0. The maximum atomic E-state index is 10.7. The van der Waals surface area contributed by atoms with E-state index in [0.29, 0.717) is 6.61 Å². The summed E-state index contributed by atoms with van der Waals surface area (Å²) >= 11 is 0. The van der Waals surface area contributed by atoms with Crippen molar-refractivity contribution < 1.29 is 19.0 Å². The molecular weight excluding hydrogens is 148 g/mol. The van der Waals surface area contributed by atoms with Gasteiger partial charge in [-0.3, -0.25) is 4.79 Å². The molecule has 0 bridgehead atoms. The first-order valence-corrected chi connectivity index (χ1v) is 3.56. The number of rotatable bonds is 2. The Bertz CT molecular complexity index is 145. The molecule has 1 rings (SSSR count). The Balaban J connectivity index is 2.23. The van der Waals surface area contributed by atoms with E-state index in [9.17, 15) is 4.79 Å². The molecule has 1 fully saturated rings. The minimum atomic E-state index is -0.405. The van der Waals surface area contributed by atoms with Crippen molar-refractivity contribution in [3.63, 3.8) is 0 Å². The van der Waals surface area contributed by atoms with E-state index >= 15 is 0 Å². The lowest BCUT2D eigenvalue weighted by molar-refractivity contribution is -0.150. The predicted octanol–water partition coefficient (Wildman–Crippen LogP) is 0.311. The minimum Gasteiger partial charge on any atom is -0.469 e. The molecule has 4 nitrogen and oxygen atoms in total. The number of esters is 1. The summed E-state index contributed by atoms with van der Waals surface area (Å²) < 4.78 is 14.8. The van der Waals surface area contributed by atoms with E-state index < -0.39 is 6.29 Å². The van der Waals surface area contributed by atoms with Gasteiger partial charge in [-0.15, -0.1) is 0 Å². The summed E-state index contributed by atoms with van der Waals surface area (Å²) in [6.07, 6.45) is -0.136. The van der Waals surface area contributed by atoms with Gasteiger partial charge in [-0.1, -0.05) is 0 Å². The van der Waals surface area contributed by atoms with Gasteiger partial charge in [-0.2, -0.15) is 0 Å². The first kappa shape index (κ1) is 8.49. The summed E-state index contributed by atoms with van der Waals surface area (Å²) in [5.74, 6) is -0.302. The zero-order valence-corrected chi connectivity index (χ0v) is 6.70. The third-order valence-corrected chi connectivity index (χ3v) is 1.46. The topological polar surface area (TPSA) is 44.8 Å². The van der Waals surface area contributed by atoms with Crippen LogP contribution in [0.2, 0.25) is 0 Å². The van der Waals surface area contributed by atoms with E-state index in [1.54, 1.807) is 0 Å². The molecule has 0 saturated carbocycles. The van der Waals surface area contributed by atoms with Crippen LogP contribution in [0.25, 0.3) is 0 Å². The summed E-state index contributed by atoms with van der Waals surface area (Å²) in [5, 5.41) is 0. The van der Waals surface area contributed by atoms with Crippen molar-refractivity contribution in [1.29, 1.82) is 0 Å². The Morgan fingerprint density at radius 3 is 2.91 bits per heavy atom. The standard InChI is InChI=1S/C7H12O4/c1-5-4-10-7(11-5)3-6(8)9-2/h5,7H,3-4H2,1-2H3/t5-,7-/m0/s1. The molecule has 1 aliphatic rings. The monoisotopic (exact) mass is 160 g/mol. The summed E-state index contributed by atoms with van der Waals surface area (Å²) in [6.45, 7) is 2.46. The van der Waals surface area contributed by atoms with Gasteiger partial charge in [0.1, 0.15) is 0 Å². The molecule has 0 aromatic carbocycles. The normalized spacial score (nSPS) is 30.4. The number of hydrogen-bond donors (Lipinski definition) is 0. The maximum Gasteiger partial charge on any atom is 0.310 e. The van der Waals surface area contributed by atoms with Gasteiger partial charge in [-0.25, -0.2) is 0 Å². The second-order valence-corrected chi connectivity index (χ2v) is 2.49. The van der Waals surface area contributed by atoms with Crippen LogP contribution < -0.4 is 0 Å². The van der Waals surface area contributed by atoms with Crippen LogP contribution in [0.15, 0.2) is 0 Å². The third-order valence-electron chi connectivity index (χ3n) is 1.46. The van der Waals surface area contributed by atoms with Crippen molar-refractivity contribution in [2.75, 3.05) is 13.7 Å². The molecule has 11 heavy (non-hydrogen) atoms. The molecular formula is C7H12O4. The second-order valence-electron chi connectivity index (χ2n) is 2.49. The van der Waals surface area contributed by atoms with Crippen molar-refractivity contribution in [2.24, 2.45) is 0 Å². The maximum absolute atomic E-state index is 10.7. The van der Waals surface area contributed by atoms with Gasteiger partial charge in [0, 0.05) is 0 Å². The number of ether oxygens (including phenoxy) is 3. The SMILES string of the molecule is COC(=O)C[C@H]1OC[C@H](C)O1. The highest BCUT2D eigenvalue weighted by Crippen LogP contribution is 2.13. The Kier molecular flexibility index (Phi) is 2.84. The highest BCUT2D eigenvalue weighted by molar-refractivity contribution is 5.69. The van der Waals surface area contributed by atoms with Crippen molar-refractivity contribution >= 4 is 5.97 Å². The van der Waals surface area contributed by atoms with E-state index in [-0.39, 0.29) is 18.5 Å². The molecule has 0 spiro atoms. The van der Waals surface area contributed by atoms with E-state index in [1.807, 2.05) is 6.92 Å². The third kappa shape index (κ3) is 2.48. The van der Waals surface area contributed by atoms with E-state index in [2.05, 4.69) is 4.74 Å².